The summed E-state index contributed by atoms with van der Waals surface area (Å²) in [5.41, 5.74) is 2.10. The molecular weight excluding hydrogens is 263 g/mol. The van der Waals surface area contributed by atoms with E-state index in [0.29, 0.717) is 11.1 Å². The van der Waals surface area contributed by atoms with Gasteiger partial charge in [-0.15, -0.1) is 0 Å². The van der Waals surface area contributed by atoms with Crippen molar-refractivity contribution < 1.29 is 9.18 Å². The fraction of sp³-hybridized carbons (Fsp3) is 0.188. The minimum absolute atomic E-state index is 0.0257. The van der Waals surface area contributed by atoms with Crippen LogP contribution in [0.4, 0.5) is 4.39 Å². The number of rotatable bonds is 4. The van der Waals surface area contributed by atoms with Crippen molar-refractivity contribution in [1.82, 2.24) is 0 Å². The van der Waals surface area contributed by atoms with Crippen LogP contribution in [-0.2, 0) is 12.8 Å². The number of hydrogen-bond donors (Lipinski definition) is 0. The highest BCUT2D eigenvalue weighted by Gasteiger charge is 2.12. The Balaban J connectivity index is 2.18. The predicted molar refractivity (Wildman–Crippen MR) is 75.3 cm³/mol. The maximum Gasteiger partial charge on any atom is 0.167 e. The van der Waals surface area contributed by atoms with Gasteiger partial charge >= 0.3 is 0 Å². The number of aryl methyl sites for hydroxylation is 1. The minimum atomic E-state index is -0.511. The molecule has 2 aromatic rings. The average molecular weight is 277 g/mol. The van der Waals surface area contributed by atoms with Gasteiger partial charge in [-0.25, -0.2) is 4.39 Å². The topological polar surface area (TPSA) is 17.1 Å². The van der Waals surface area contributed by atoms with E-state index in [2.05, 4.69) is 6.92 Å². The zero-order valence-electron chi connectivity index (χ0n) is 10.6. The van der Waals surface area contributed by atoms with Crippen molar-refractivity contribution in [3.63, 3.8) is 0 Å². The largest absolute Gasteiger partial charge is 0.294 e. The van der Waals surface area contributed by atoms with Gasteiger partial charge in [-0.05, 0) is 23.6 Å². The first-order valence-corrected chi connectivity index (χ1v) is 6.54. The number of ketones is 1. The van der Waals surface area contributed by atoms with Gasteiger partial charge < -0.3 is 0 Å². The van der Waals surface area contributed by atoms with Crippen molar-refractivity contribution in [2.45, 2.75) is 19.8 Å². The average Bonchev–Trinajstić information content (AvgIpc) is 2.44. The van der Waals surface area contributed by atoms with Crippen LogP contribution in [0.2, 0.25) is 5.02 Å². The SMILES string of the molecule is CCc1ccc(C(=O)Cc2cccc(Cl)c2F)cc1. The minimum Gasteiger partial charge on any atom is -0.294 e. The van der Waals surface area contributed by atoms with Gasteiger partial charge in [-0.3, -0.25) is 4.79 Å². The Morgan fingerprint density at radius 2 is 1.84 bits per heavy atom. The van der Waals surface area contributed by atoms with Crippen LogP contribution >= 0.6 is 11.6 Å². The lowest BCUT2D eigenvalue weighted by Crippen LogP contribution is -2.05. The van der Waals surface area contributed by atoms with E-state index in [9.17, 15) is 9.18 Å². The molecule has 2 rings (SSSR count). The summed E-state index contributed by atoms with van der Waals surface area (Å²) in [4.78, 5) is 12.1. The number of hydrogen-bond acceptors (Lipinski definition) is 1. The van der Waals surface area contributed by atoms with Crippen molar-refractivity contribution in [3.8, 4) is 0 Å². The van der Waals surface area contributed by atoms with E-state index in [0.717, 1.165) is 6.42 Å². The Kier molecular flexibility index (Phi) is 4.33. The van der Waals surface area contributed by atoms with Crippen LogP contribution in [0.5, 0.6) is 0 Å². The zero-order chi connectivity index (χ0) is 13.8. The number of carbonyl (C=O) groups excluding carboxylic acids is 1. The third kappa shape index (κ3) is 3.21. The van der Waals surface area contributed by atoms with Gasteiger partial charge in [-0.2, -0.15) is 0 Å². The van der Waals surface area contributed by atoms with Crippen LogP contribution < -0.4 is 0 Å². The molecule has 0 aliphatic heterocycles. The second kappa shape index (κ2) is 5.98. The number of benzene rings is 2. The molecule has 0 N–H and O–H groups in total. The molecule has 3 heteroatoms. The lowest BCUT2D eigenvalue weighted by atomic mass is 10.0. The van der Waals surface area contributed by atoms with Crippen LogP contribution in [0.25, 0.3) is 0 Å². The monoisotopic (exact) mass is 276 g/mol. The maximum atomic E-state index is 13.7. The predicted octanol–water partition coefficient (Wildman–Crippen LogP) is 4.47. The van der Waals surface area contributed by atoms with Gasteiger partial charge in [-0.1, -0.05) is 54.9 Å². The Morgan fingerprint density at radius 1 is 1.16 bits per heavy atom. The molecule has 0 saturated heterocycles. The van der Waals surface area contributed by atoms with Crippen LogP contribution in [0.3, 0.4) is 0 Å². The number of Topliss-reactive ketones (excluding diaryl/α,β-unsaturated/α-hetero) is 1. The highest BCUT2D eigenvalue weighted by atomic mass is 35.5. The highest BCUT2D eigenvalue weighted by Crippen LogP contribution is 2.19. The standard InChI is InChI=1S/C16H14ClFO/c1-2-11-6-8-12(9-7-11)15(19)10-13-4-3-5-14(17)16(13)18/h3-9H,2,10H2,1H3. The summed E-state index contributed by atoms with van der Waals surface area (Å²) in [5.74, 6) is -0.619. The Morgan fingerprint density at radius 3 is 2.47 bits per heavy atom. The first kappa shape index (κ1) is 13.8. The van der Waals surface area contributed by atoms with Crippen molar-refractivity contribution in [2.75, 3.05) is 0 Å². The maximum absolute atomic E-state index is 13.7. The molecule has 1 nitrogen and oxygen atoms in total. The molecular formula is C16H14ClFO. The molecule has 0 atom stereocenters. The van der Waals surface area contributed by atoms with E-state index >= 15 is 0 Å². The molecule has 0 aliphatic carbocycles. The van der Waals surface area contributed by atoms with Gasteiger partial charge in [0, 0.05) is 12.0 Å². The van der Waals surface area contributed by atoms with Gasteiger partial charge in [0.2, 0.25) is 0 Å². The third-order valence-corrected chi connectivity index (χ3v) is 3.36. The number of carbonyl (C=O) groups is 1. The quantitative estimate of drug-likeness (QED) is 0.753. The molecule has 0 saturated carbocycles. The van der Waals surface area contributed by atoms with E-state index in [-0.39, 0.29) is 17.2 Å². The van der Waals surface area contributed by atoms with Crippen molar-refractivity contribution in [2.24, 2.45) is 0 Å². The molecule has 0 spiro atoms. The molecule has 0 aromatic heterocycles. The second-order valence-corrected chi connectivity index (χ2v) is 4.77. The molecule has 98 valence electrons. The lowest BCUT2D eigenvalue weighted by Gasteiger charge is -2.05. The van der Waals surface area contributed by atoms with Crippen LogP contribution in [0.1, 0.15) is 28.4 Å². The Hall–Kier alpha value is -1.67. The summed E-state index contributed by atoms with van der Waals surface area (Å²) in [6.07, 6.45) is 0.954. The van der Waals surface area contributed by atoms with Crippen molar-refractivity contribution >= 4 is 17.4 Å². The molecule has 0 aliphatic rings. The first-order valence-electron chi connectivity index (χ1n) is 6.17. The van der Waals surface area contributed by atoms with E-state index in [1.165, 1.54) is 11.6 Å². The summed E-state index contributed by atoms with van der Waals surface area (Å²) in [6.45, 7) is 2.05. The lowest BCUT2D eigenvalue weighted by molar-refractivity contribution is 0.0992. The molecule has 0 bridgehead atoms. The molecule has 0 fully saturated rings. The van der Waals surface area contributed by atoms with Crippen molar-refractivity contribution in [3.05, 3.63) is 70.0 Å². The van der Waals surface area contributed by atoms with Crippen LogP contribution in [0, 0.1) is 5.82 Å². The van der Waals surface area contributed by atoms with E-state index in [1.807, 2.05) is 12.1 Å². The second-order valence-electron chi connectivity index (χ2n) is 4.36. The first-order chi connectivity index (χ1) is 9.11. The fourth-order valence-corrected chi connectivity index (χ4v) is 2.08. The Bertz CT molecular complexity index is 590. The highest BCUT2D eigenvalue weighted by molar-refractivity contribution is 6.30. The fourth-order valence-electron chi connectivity index (χ4n) is 1.89. The summed E-state index contributed by atoms with van der Waals surface area (Å²) in [6, 6.07) is 12.1. The summed E-state index contributed by atoms with van der Waals surface area (Å²) in [5, 5.41) is 0.0478. The zero-order valence-corrected chi connectivity index (χ0v) is 11.4. The van der Waals surface area contributed by atoms with Gasteiger partial charge in [0.05, 0.1) is 5.02 Å². The molecule has 0 heterocycles. The Labute approximate surface area is 117 Å². The van der Waals surface area contributed by atoms with Crippen LogP contribution in [-0.4, -0.2) is 5.78 Å². The molecule has 19 heavy (non-hydrogen) atoms. The van der Waals surface area contributed by atoms with Gasteiger partial charge in [0.15, 0.2) is 5.78 Å². The molecule has 0 amide bonds. The van der Waals surface area contributed by atoms with E-state index in [4.69, 9.17) is 11.6 Å². The molecule has 0 unspecified atom stereocenters. The van der Waals surface area contributed by atoms with Gasteiger partial charge in [0.1, 0.15) is 5.82 Å². The third-order valence-electron chi connectivity index (χ3n) is 3.07. The molecule has 0 radical (unpaired) electrons. The van der Waals surface area contributed by atoms with E-state index < -0.39 is 5.82 Å². The summed E-state index contributed by atoms with van der Waals surface area (Å²) < 4.78 is 13.7. The van der Waals surface area contributed by atoms with Crippen molar-refractivity contribution in [1.29, 1.82) is 0 Å². The normalized spacial score (nSPS) is 10.5. The van der Waals surface area contributed by atoms with E-state index in [1.54, 1.807) is 24.3 Å². The number of halogens is 2. The smallest absolute Gasteiger partial charge is 0.167 e. The van der Waals surface area contributed by atoms with Gasteiger partial charge in [0.25, 0.3) is 0 Å². The summed E-state index contributed by atoms with van der Waals surface area (Å²) in [7, 11) is 0. The van der Waals surface area contributed by atoms with Crippen LogP contribution in [0.15, 0.2) is 42.5 Å². The molecule has 2 aromatic carbocycles. The summed E-state index contributed by atoms with van der Waals surface area (Å²) >= 11 is 5.70.